The molecular weight excluding hydrogens is 406 g/mol. The highest BCUT2D eigenvalue weighted by Crippen LogP contribution is 2.19. The number of rotatable bonds is 10. The minimum Gasteiger partial charge on any atom is -0.480 e. The van der Waals surface area contributed by atoms with Gasteiger partial charge < -0.3 is 36.9 Å². The van der Waals surface area contributed by atoms with Gasteiger partial charge in [-0.25, -0.2) is 4.79 Å². The van der Waals surface area contributed by atoms with Gasteiger partial charge in [0, 0.05) is 23.5 Å². The van der Waals surface area contributed by atoms with Crippen LogP contribution < -0.4 is 21.7 Å². The number of aromatic amines is 1. The molecule has 4 unspecified atom stereocenters. The van der Waals surface area contributed by atoms with Crippen LogP contribution in [0, 0.1) is 0 Å². The van der Waals surface area contributed by atoms with E-state index >= 15 is 0 Å². The number of hydrogen-bond donors (Lipinski definition) is 7. The molecule has 11 nitrogen and oxygen atoms in total. The molecule has 0 saturated carbocycles. The van der Waals surface area contributed by atoms with E-state index in [0.29, 0.717) is 0 Å². The lowest BCUT2D eigenvalue weighted by Crippen LogP contribution is -2.56. The van der Waals surface area contributed by atoms with E-state index in [9.17, 15) is 24.3 Å². The predicted molar refractivity (Wildman–Crippen MR) is 112 cm³/mol. The number of hydrogen-bond acceptors (Lipinski definition) is 6. The third-order valence-corrected chi connectivity index (χ3v) is 4.75. The normalized spacial score (nSPS) is 14.8. The summed E-state index contributed by atoms with van der Waals surface area (Å²) in [5.74, 6) is -3.28. The van der Waals surface area contributed by atoms with Crippen LogP contribution in [0.2, 0.25) is 0 Å². The van der Waals surface area contributed by atoms with E-state index in [0.717, 1.165) is 16.5 Å². The molecule has 0 aliphatic rings. The van der Waals surface area contributed by atoms with Crippen molar-refractivity contribution in [3.63, 3.8) is 0 Å². The Balaban J connectivity index is 1.96. The van der Waals surface area contributed by atoms with E-state index in [1.807, 2.05) is 24.3 Å². The van der Waals surface area contributed by atoms with Gasteiger partial charge in [0.15, 0.2) is 0 Å². The monoisotopic (exact) mass is 433 g/mol. The molecule has 0 saturated heterocycles. The fraction of sp³-hybridized carbons (Fsp3) is 0.400. The second-order valence-electron chi connectivity index (χ2n) is 7.21. The average molecular weight is 433 g/mol. The maximum Gasteiger partial charge on any atom is 0.326 e. The molecule has 2 aromatic rings. The smallest absolute Gasteiger partial charge is 0.326 e. The van der Waals surface area contributed by atoms with Crippen molar-refractivity contribution >= 4 is 34.6 Å². The average Bonchev–Trinajstić information content (AvgIpc) is 3.15. The number of nitrogens with two attached hydrogens (primary N) is 1. The highest BCUT2D eigenvalue weighted by molar-refractivity contribution is 5.94. The number of carbonyl (C=O) groups is 4. The van der Waals surface area contributed by atoms with Gasteiger partial charge in [-0.05, 0) is 25.5 Å². The summed E-state index contributed by atoms with van der Waals surface area (Å²) in [6.45, 7) is 2.21. The van der Waals surface area contributed by atoms with Crippen molar-refractivity contribution in [3.05, 3.63) is 36.0 Å². The quantitative estimate of drug-likeness (QED) is 0.240. The van der Waals surface area contributed by atoms with Crippen LogP contribution in [-0.4, -0.2) is 69.7 Å². The Kier molecular flexibility index (Phi) is 8.11. The van der Waals surface area contributed by atoms with Gasteiger partial charge in [-0.2, -0.15) is 0 Å². The first-order valence-electron chi connectivity index (χ1n) is 9.69. The van der Waals surface area contributed by atoms with Crippen molar-refractivity contribution in [1.82, 2.24) is 20.9 Å². The van der Waals surface area contributed by atoms with E-state index in [-0.39, 0.29) is 6.42 Å². The molecule has 1 aromatic carbocycles. The molecule has 1 aromatic heterocycles. The van der Waals surface area contributed by atoms with Crippen LogP contribution >= 0.6 is 0 Å². The molecule has 31 heavy (non-hydrogen) atoms. The summed E-state index contributed by atoms with van der Waals surface area (Å²) in [4.78, 5) is 51.0. The van der Waals surface area contributed by atoms with Crippen LogP contribution in [0.5, 0.6) is 0 Å². The van der Waals surface area contributed by atoms with Crippen LogP contribution in [0.15, 0.2) is 30.5 Å². The molecule has 3 amide bonds. The Morgan fingerprint density at radius 1 is 1.00 bits per heavy atom. The van der Waals surface area contributed by atoms with E-state index in [1.165, 1.54) is 13.8 Å². The Bertz CT molecular complexity index is 958. The van der Waals surface area contributed by atoms with Crippen LogP contribution in [0.1, 0.15) is 19.4 Å². The predicted octanol–water partition coefficient (Wildman–Crippen LogP) is -1.39. The van der Waals surface area contributed by atoms with Crippen molar-refractivity contribution in [3.8, 4) is 0 Å². The molecule has 4 atom stereocenters. The molecule has 0 fully saturated rings. The highest BCUT2D eigenvalue weighted by atomic mass is 16.4. The number of carboxylic acid groups (broad SMARTS) is 1. The summed E-state index contributed by atoms with van der Waals surface area (Å²) in [7, 11) is 0. The second-order valence-corrected chi connectivity index (χ2v) is 7.21. The fourth-order valence-corrected chi connectivity index (χ4v) is 2.89. The molecule has 0 radical (unpaired) electrons. The third-order valence-electron chi connectivity index (χ3n) is 4.75. The summed E-state index contributed by atoms with van der Waals surface area (Å²) in [6.07, 6.45) is 1.75. The van der Waals surface area contributed by atoms with Gasteiger partial charge in [-0.1, -0.05) is 18.2 Å². The number of fused-ring (bicyclic) bond motifs is 1. The molecule has 2 rings (SSSR count). The van der Waals surface area contributed by atoms with E-state index < -0.39 is 54.5 Å². The molecule has 11 heteroatoms. The van der Waals surface area contributed by atoms with Crippen molar-refractivity contribution in [1.29, 1.82) is 0 Å². The number of amides is 3. The van der Waals surface area contributed by atoms with Gasteiger partial charge >= 0.3 is 5.97 Å². The Labute approximate surface area is 178 Å². The summed E-state index contributed by atoms with van der Waals surface area (Å²) < 4.78 is 0. The molecule has 0 aliphatic heterocycles. The number of para-hydroxylation sites is 1. The lowest BCUT2D eigenvalue weighted by atomic mass is 10.0. The molecule has 8 N–H and O–H groups in total. The zero-order valence-electron chi connectivity index (χ0n) is 17.2. The van der Waals surface area contributed by atoms with E-state index in [2.05, 4.69) is 20.9 Å². The third kappa shape index (κ3) is 6.27. The van der Waals surface area contributed by atoms with Crippen LogP contribution in [0.3, 0.4) is 0 Å². The highest BCUT2D eigenvalue weighted by Gasteiger charge is 2.27. The maximum atomic E-state index is 12.4. The van der Waals surface area contributed by atoms with Crippen molar-refractivity contribution in [2.75, 3.05) is 6.61 Å². The molecule has 168 valence electrons. The SMILES string of the molecule is CC(NC(=O)C(N)CO)C(=O)NC(C)C(=O)NC(Cc1c[nH]c2ccccc12)C(=O)O. The first-order chi connectivity index (χ1) is 14.6. The second kappa shape index (κ2) is 10.5. The Hall–Kier alpha value is -3.44. The summed E-state index contributed by atoms with van der Waals surface area (Å²) in [6, 6.07) is 2.96. The minimum atomic E-state index is -1.21. The zero-order chi connectivity index (χ0) is 23.1. The maximum absolute atomic E-state index is 12.4. The lowest BCUT2D eigenvalue weighted by molar-refractivity contribution is -0.142. The van der Waals surface area contributed by atoms with Crippen molar-refractivity contribution in [2.24, 2.45) is 5.73 Å². The van der Waals surface area contributed by atoms with E-state index in [4.69, 9.17) is 10.8 Å². The zero-order valence-corrected chi connectivity index (χ0v) is 17.2. The largest absolute Gasteiger partial charge is 0.480 e. The summed E-state index contributed by atoms with van der Waals surface area (Å²) in [5.41, 5.74) is 6.96. The number of carboxylic acids is 1. The van der Waals surface area contributed by atoms with Crippen molar-refractivity contribution in [2.45, 2.75) is 44.4 Å². The molecule has 0 bridgehead atoms. The number of benzene rings is 1. The van der Waals surface area contributed by atoms with Gasteiger partial charge in [0.1, 0.15) is 24.2 Å². The molecule has 1 heterocycles. The fourth-order valence-electron chi connectivity index (χ4n) is 2.89. The molecule has 0 aliphatic carbocycles. The number of carbonyl (C=O) groups excluding carboxylic acids is 3. The number of nitrogens with one attached hydrogen (secondary N) is 4. The minimum absolute atomic E-state index is 0.0528. The lowest BCUT2D eigenvalue weighted by Gasteiger charge is -2.21. The van der Waals surface area contributed by atoms with Crippen LogP contribution in [-0.2, 0) is 25.6 Å². The number of H-pyrrole nitrogens is 1. The van der Waals surface area contributed by atoms with Crippen molar-refractivity contribution < 1.29 is 29.4 Å². The van der Waals surface area contributed by atoms with Crippen LogP contribution in [0.25, 0.3) is 10.9 Å². The first kappa shape index (κ1) is 23.8. The molecule has 0 spiro atoms. The number of aromatic nitrogens is 1. The summed E-state index contributed by atoms with van der Waals surface area (Å²) >= 11 is 0. The molecular formula is C20H27N5O6. The number of aliphatic carboxylic acids is 1. The topological polar surface area (TPSA) is 187 Å². The summed E-state index contributed by atoms with van der Waals surface area (Å²) in [5, 5.41) is 26.4. The number of aliphatic hydroxyl groups is 1. The van der Waals surface area contributed by atoms with Gasteiger partial charge in [0.2, 0.25) is 17.7 Å². The van der Waals surface area contributed by atoms with Gasteiger partial charge in [0.25, 0.3) is 0 Å². The van der Waals surface area contributed by atoms with Gasteiger partial charge in [-0.3, -0.25) is 14.4 Å². The Morgan fingerprint density at radius 3 is 2.19 bits per heavy atom. The van der Waals surface area contributed by atoms with Gasteiger partial charge in [0.05, 0.1) is 6.61 Å². The van der Waals surface area contributed by atoms with Crippen LogP contribution in [0.4, 0.5) is 0 Å². The standard InChI is InChI=1S/C20H27N5O6/c1-10(24-19(29)14(21)9-26)17(27)23-11(2)18(28)25-16(20(30)31)7-12-8-22-15-6-4-3-5-13(12)15/h3-6,8,10-11,14,16,22,26H,7,9,21H2,1-2H3,(H,23,27)(H,24,29)(H,25,28)(H,30,31). The number of aliphatic hydroxyl groups excluding tert-OH is 1. The van der Waals surface area contributed by atoms with Gasteiger partial charge in [-0.15, -0.1) is 0 Å². The first-order valence-corrected chi connectivity index (χ1v) is 9.69. The Morgan fingerprint density at radius 2 is 1.58 bits per heavy atom. The van der Waals surface area contributed by atoms with E-state index in [1.54, 1.807) is 6.20 Å².